The van der Waals surface area contributed by atoms with Gasteiger partial charge in [-0.15, -0.1) is 0 Å². The Bertz CT molecular complexity index is 841. The Hall–Kier alpha value is -2.51. The van der Waals surface area contributed by atoms with E-state index in [1.165, 1.54) is 12.1 Å². The van der Waals surface area contributed by atoms with Gasteiger partial charge in [0.2, 0.25) is 17.7 Å². The van der Waals surface area contributed by atoms with E-state index < -0.39 is 29.0 Å². The molecule has 3 atom stereocenters. The SMILES string of the molecule is CN1C[C@H](C(=O)N2C[C@@H](c3cc(F)cc(F)c3)[C@@]3(CCCCC(=O)N3)C2)CC1=O. The zero-order valence-electron chi connectivity index (χ0n) is 16.4. The molecule has 0 aliphatic carbocycles. The third-order valence-electron chi connectivity index (χ3n) is 6.50. The van der Waals surface area contributed by atoms with Gasteiger partial charge in [0.15, 0.2) is 0 Å². The van der Waals surface area contributed by atoms with Crippen LogP contribution in [0, 0.1) is 17.6 Å². The standard InChI is InChI=1S/C21H25F2N3O3/c1-25-10-14(8-19(25)28)20(29)26-11-17(13-6-15(22)9-16(23)7-13)21(12-26)5-3-2-4-18(27)24-21/h6-7,9,14,17H,2-5,8,10-12H2,1H3,(H,24,27)/t14-,17+,21-/m1/s1. The van der Waals surface area contributed by atoms with Crippen molar-refractivity contribution < 1.29 is 23.2 Å². The number of carbonyl (C=O) groups is 3. The third-order valence-corrected chi connectivity index (χ3v) is 6.50. The lowest BCUT2D eigenvalue weighted by Gasteiger charge is -2.34. The Morgan fingerprint density at radius 3 is 2.52 bits per heavy atom. The number of nitrogens with one attached hydrogen (secondary N) is 1. The maximum atomic E-state index is 13.9. The van der Waals surface area contributed by atoms with Gasteiger partial charge in [-0.2, -0.15) is 0 Å². The lowest BCUT2D eigenvalue weighted by Crippen LogP contribution is -2.53. The zero-order chi connectivity index (χ0) is 20.8. The van der Waals surface area contributed by atoms with Crippen LogP contribution in [0.1, 0.15) is 43.6 Å². The van der Waals surface area contributed by atoms with Crippen LogP contribution in [0.3, 0.4) is 0 Å². The summed E-state index contributed by atoms with van der Waals surface area (Å²) in [6, 6.07) is 3.39. The second kappa shape index (κ2) is 7.39. The van der Waals surface area contributed by atoms with Crippen LogP contribution in [0.25, 0.3) is 0 Å². The molecule has 1 aromatic rings. The smallest absolute Gasteiger partial charge is 0.228 e. The van der Waals surface area contributed by atoms with Crippen molar-refractivity contribution in [3.8, 4) is 0 Å². The molecule has 6 nitrogen and oxygen atoms in total. The fraction of sp³-hybridized carbons (Fsp3) is 0.571. The molecule has 3 aliphatic rings. The molecule has 29 heavy (non-hydrogen) atoms. The van der Waals surface area contributed by atoms with Crippen LogP contribution in [0.5, 0.6) is 0 Å². The number of halogens is 2. The van der Waals surface area contributed by atoms with Gasteiger partial charge in [-0.3, -0.25) is 14.4 Å². The van der Waals surface area contributed by atoms with Gasteiger partial charge in [-0.05, 0) is 30.5 Å². The van der Waals surface area contributed by atoms with Gasteiger partial charge >= 0.3 is 0 Å². The van der Waals surface area contributed by atoms with E-state index in [2.05, 4.69) is 5.32 Å². The highest BCUT2D eigenvalue weighted by molar-refractivity contribution is 5.89. The Morgan fingerprint density at radius 2 is 1.86 bits per heavy atom. The molecule has 1 spiro atoms. The van der Waals surface area contributed by atoms with E-state index in [0.29, 0.717) is 24.9 Å². The number of rotatable bonds is 2. The minimum Gasteiger partial charge on any atom is -0.348 e. The topological polar surface area (TPSA) is 69.7 Å². The van der Waals surface area contributed by atoms with Gasteiger partial charge < -0.3 is 15.1 Å². The van der Waals surface area contributed by atoms with Gasteiger partial charge in [0.05, 0.1) is 11.5 Å². The van der Waals surface area contributed by atoms with Crippen molar-refractivity contribution >= 4 is 17.7 Å². The Kier molecular flexibility index (Phi) is 5.04. The predicted molar refractivity (Wildman–Crippen MR) is 101 cm³/mol. The van der Waals surface area contributed by atoms with E-state index in [0.717, 1.165) is 18.9 Å². The summed E-state index contributed by atoms with van der Waals surface area (Å²) in [5, 5.41) is 3.08. The van der Waals surface area contributed by atoms with Crippen LogP contribution in [0.2, 0.25) is 0 Å². The van der Waals surface area contributed by atoms with Crippen LogP contribution in [0.15, 0.2) is 18.2 Å². The zero-order valence-corrected chi connectivity index (χ0v) is 16.4. The highest BCUT2D eigenvalue weighted by Gasteiger charge is 2.51. The van der Waals surface area contributed by atoms with Crippen LogP contribution in [-0.2, 0) is 14.4 Å². The molecule has 0 radical (unpaired) electrons. The molecular formula is C21H25F2N3O3. The van der Waals surface area contributed by atoms with Crippen LogP contribution in [0.4, 0.5) is 8.78 Å². The highest BCUT2D eigenvalue weighted by Crippen LogP contribution is 2.42. The first kappa shape index (κ1) is 19.8. The van der Waals surface area contributed by atoms with Crippen molar-refractivity contribution in [2.75, 3.05) is 26.7 Å². The number of hydrogen-bond donors (Lipinski definition) is 1. The normalized spacial score (nSPS) is 30.0. The highest BCUT2D eigenvalue weighted by atomic mass is 19.1. The van der Waals surface area contributed by atoms with Crippen LogP contribution in [-0.4, -0.2) is 59.7 Å². The Labute approximate surface area is 168 Å². The molecule has 0 aromatic heterocycles. The molecule has 8 heteroatoms. The van der Waals surface area contributed by atoms with Crippen molar-refractivity contribution in [3.63, 3.8) is 0 Å². The molecule has 3 saturated heterocycles. The lowest BCUT2D eigenvalue weighted by molar-refractivity contribution is -0.135. The van der Waals surface area contributed by atoms with Gasteiger partial charge in [-0.1, -0.05) is 6.42 Å². The van der Waals surface area contributed by atoms with E-state index >= 15 is 0 Å². The molecule has 3 aliphatic heterocycles. The summed E-state index contributed by atoms with van der Waals surface area (Å²) in [6.45, 7) is 0.915. The molecule has 1 N–H and O–H groups in total. The van der Waals surface area contributed by atoms with Gasteiger partial charge in [-0.25, -0.2) is 8.78 Å². The third kappa shape index (κ3) is 3.72. The predicted octanol–water partition coefficient (Wildman–Crippen LogP) is 1.80. The number of nitrogens with zero attached hydrogens (tertiary/aromatic N) is 2. The summed E-state index contributed by atoms with van der Waals surface area (Å²) in [7, 11) is 1.67. The van der Waals surface area contributed by atoms with E-state index in [9.17, 15) is 23.2 Å². The first-order chi connectivity index (χ1) is 13.8. The Morgan fingerprint density at radius 1 is 1.14 bits per heavy atom. The second-order valence-electron chi connectivity index (χ2n) is 8.56. The summed E-state index contributed by atoms with van der Waals surface area (Å²) in [5.41, 5.74) is -0.308. The average molecular weight is 405 g/mol. The molecule has 1 aromatic carbocycles. The molecular weight excluding hydrogens is 380 g/mol. The number of hydrogen-bond acceptors (Lipinski definition) is 3. The van der Waals surface area contributed by atoms with Gasteiger partial charge in [0.25, 0.3) is 0 Å². The number of carbonyl (C=O) groups excluding carboxylic acids is 3. The van der Waals surface area contributed by atoms with E-state index in [1.54, 1.807) is 16.8 Å². The molecule has 0 saturated carbocycles. The van der Waals surface area contributed by atoms with Crippen molar-refractivity contribution in [2.24, 2.45) is 5.92 Å². The molecule has 0 unspecified atom stereocenters. The first-order valence-electron chi connectivity index (χ1n) is 10.1. The van der Waals surface area contributed by atoms with Gasteiger partial charge in [0, 0.05) is 51.5 Å². The van der Waals surface area contributed by atoms with E-state index in [-0.39, 0.29) is 37.2 Å². The maximum Gasteiger partial charge on any atom is 0.228 e. The molecule has 3 heterocycles. The van der Waals surface area contributed by atoms with Crippen molar-refractivity contribution in [2.45, 2.75) is 43.6 Å². The number of likely N-dealkylation sites (tertiary alicyclic amines) is 2. The molecule has 3 amide bonds. The summed E-state index contributed by atoms with van der Waals surface area (Å²) in [4.78, 5) is 40.6. The van der Waals surface area contributed by atoms with E-state index in [4.69, 9.17) is 0 Å². The lowest BCUT2D eigenvalue weighted by atomic mass is 9.79. The van der Waals surface area contributed by atoms with Crippen LogP contribution < -0.4 is 5.32 Å². The first-order valence-corrected chi connectivity index (χ1v) is 10.1. The fourth-order valence-electron chi connectivity index (χ4n) is 5.07. The van der Waals surface area contributed by atoms with Crippen molar-refractivity contribution in [3.05, 3.63) is 35.4 Å². The van der Waals surface area contributed by atoms with Crippen molar-refractivity contribution in [1.82, 2.24) is 15.1 Å². The average Bonchev–Trinajstić information content (AvgIpc) is 3.11. The second-order valence-corrected chi connectivity index (χ2v) is 8.56. The largest absolute Gasteiger partial charge is 0.348 e. The molecule has 3 fully saturated rings. The van der Waals surface area contributed by atoms with Crippen LogP contribution >= 0.6 is 0 Å². The molecule has 4 rings (SSSR count). The fourth-order valence-corrected chi connectivity index (χ4v) is 5.07. The Balaban J connectivity index is 1.66. The summed E-state index contributed by atoms with van der Waals surface area (Å²) in [6.07, 6.45) is 2.74. The van der Waals surface area contributed by atoms with Crippen molar-refractivity contribution in [1.29, 1.82) is 0 Å². The van der Waals surface area contributed by atoms with Gasteiger partial charge in [0.1, 0.15) is 11.6 Å². The number of benzene rings is 1. The minimum absolute atomic E-state index is 0.0659. The summed E-state index contributed by atoms with van der Waals surface area (Å²) in [5.74, 6) is -2.49. The maximum absolute atomic E-state index is 13.9. The van der Waals surface area contributed by atoms with E-state index in [1.807, 2.05) is 0 Å². The summed E-state index contributed by atoms with van der Waals surface area (Å²) < 4.78 is 27.9. The quantitative estimate of drug-likeness (QED) is 0.816. The minimum atomic E-state index is -0.752. The molecule has 156 valence electrons. The number of amides is 3. The monoisotopic (exact) mass is 405 g/mol. The molecule has 0 bridgehead atoms. The summed E-state index contributed by atoms with van der Waals surface area (Å²) >= 11 is 0.